The molecule has 1 aromatic carbocycles. The zero-order valence-electron chi connectivity index (χ0n) is 8.23. The van der Waals surface area contributed by atoms with Crippen LogP contribution in [0.4, 0.5) is 0 Å². The number of benzene rings is 1. The Morgan fingerprint density at radius 2 is 1.54 bits per heavy atom. The van der Waals surface area contributed by atoms with Gasteiger partial charge < -0.3 is 9.84 Å². The van der Waals surface area contributed by atoms with E-state index in [1.54, 1.807) is 26.4 Å². The Kier molecular flexibility index (Phi) is 14.8. The van der Waals surface area contributed by atoms with Gasteiger partial charge in [-0.05, 0) is 0 Å². The van der Waals surface area contributed by atoms with Gasteiger partial charge in [0.1, 0.15) is 6.29 Å². The molecule has 3 heteroatoms. The largest absolute Gasteiger partial charge is 0.400 e. The monoisotopic (exact) mass is 184 g/mol. The highest BCUT2D eigenvalue weighted by molar-refractivity contribution is 5.74. The normalized spacial score (nSPS) is 7.08. The van der Waals surface area contributed by atoms with Crippen molar-refractivity contribution in [1.29, 1.82) is 0 Å². The number of carbonyl (C=O) groups is 1. The molecule has 0 fully saturated rings. The number of aliphatic hydroxyl groups excluding tert-OH is 1. The second-order valence-corrected chi connectivity index (χ2v) is 1.94. The molecule has 0 aromatic heterocycles. The summed E-state index contributed by atoms with van der Waals surface area (Å²) in [6.07, 6.45) is 0.833. The Bertz CT molecular complexity index is 185. The SMILES string of the molecule is CO.COC.O=Cc1ccccc1. The van der Waals surface area contributed by atoms with Crippen LogP contribution >= 0.6 is 0 Å². The Morgan fingerprint density at radius 1 is 1.15 bits per heavy atom. The quantitative estimate of drug-likeness (QED) is 0.670. The molecule has 0 amide bonds. The minimum absolute atomic E-state index is 0.729. The summed E-state index contributed by atoms with van der Waals surface area (Å²) in [5.74, 6) is 0. The number of methoxy groups -OCH3 is 1. The average Bonchev–Trinajstić information content (AvgIpc) is 2.23. The third-order valence-electron chi connectivity index (χ3n) is 0.936. The molecule has 1 N–H and O–H groups in total. The smallest absolute Gasteiger partial charge is 0.150 e. The van der Waals surface area contributed by atoms with E-state index in [4.69, 9.17) is 5.11 Å². The van der Waals surface area contributed by atoms with E-state index >= 15 is 0 Å². The third kappa shape index (κ3) is 10.8. The number of ether oxygens (including phenoxy) is 1. The zero-order valence-corrected chi connectivity index (χ0v) is 8.23. The predicted octanol–water partition coefficient (Wildman–Crippen LogP) is 1.37. The minimum atomic E-state index is 0.729. The summed E-state index contributed by atoms with van der Waals surface area (Å²) >= 11 is 0. The van der Waals surface area contributed by atoms with Gasteiger partial charge in [0, 0.05) is 26.9 Å². The van der Waals surface area contributed by atoms with Crippen LogP contribution < -0.4 is 0 Å². The highest BCUT2D eigenvalue weighted by Gasteiger charge is 1.79. The number of carbonyl (C=O) groups excluding carboxylic acids is 1. The summed E-state index contributed by atoms with van der Waals surface area (Å²) in [5, 5.41) is 7.00. The number of hydrogen-bond donors (Lipinski definition) is 1. The molecule has 0 atom stereocenters. The van der Waals surface area contributed by atoms with Gasteiger partial charge in [-0.2, -0.15) is 0 Å². The van der Waals surface area contributed by atoms with Crippen LogP contribution in [0.1, 0.15) is 10.4 Å². The summed E-state index contributed by atoms with van der Waals surface area (Å²) in [7, 11) is 4.25. The van der Waals surface area contributed by atoms with Crippen molar-refractivity contribution in [2.24, 2.45) is 0 Å². The van der Waals surface area contributed by atoms with Gasteiger partial charge in [0.2, 0.25) is 0 Å². The lowest BCUT2D eigenvalue weighted by Crippen LogP contribution is -1.73. The fourth-order valence-corrected chi connectivity index (χ4v) is 0.532. The first kappa shape index (κ1) is 14.3. The van der Waals surface area contributed by atoms with Gasteiger partial charge >= 0.3 is 0 Å². The van der Waals surface area contributed by atoms with Gasteiger partial charge in [-0.15, -0.1) is 0 Å². The van der Waals surface area contributed by atoms with E-state index in [-0.39, 0.29) is 0 Å². The van der Waals surface area contributed by atoms with E-state index in [2.05, 4.69) is 4.74 Å². The maximum Gasteiger partial charge on any atom is 0.150 e. The van der Waals surface area contributed by atoms with Crippen molar-refractivity contribution in [2.45, 2.75) is 0 Å². The molecule has 0 saturated carbocycles. The van der Waals surface area contributed by atoms with Crippen LogP contribution in [-0.4, -0.2) is 32.7 Å². The molecule has 0 heterocycles. The zero-order chi connectivity index (χ0) is 10.5. The van der Waals surface area contributed by atoms with E-state index < -0.39 is 0 Å². The summed E-state index contributed by atoms with van der Waals surface area (Å²) in [5.41, 5.74) is 0.729. The van der Waals surface area contributed by atoms with Crippen LogP contribution in [0.3, 0.4) is 0 Å². The lowest BCUT2D eigenvalue weighted by molar-refractivity contribution is 0.112. The van der Waals surface area contributed by atoms with Crippen molar-refractivity contribution < 1.29 is 14.6 Å². The minimum Gasteiger partial charge on any atom is -0.400 e. The second kappa shape index (κ2) is 13.4. The number of rotatable bonds is 1. The Labute approximate surface area is 79.0 Å². The van der Waals surface area contributed by atoms with Crippen LogP contribution in [0.5, 0.6) is 0 Å². The molecule has 0 aliphatic rings. The lowest BCUT2D eigenvalue weighted by Gasteiger charge is -1.81. The first-order chi connectivity index (χ1) is 6.35. The molecular weight excluding hydrogens is 168 g/mol. The molecule has 74 valence electrons. The Hall–Kier alpha value is -1.19. The summed E-state index contributed by atoms with van der Waals surface area (Å²) in [6.45, 7) is 0. The summed E-state index contributed by atoms with van der Waals surface area (Å²) in [4.78, 5) is 10.0. The summed E-state index contributed by atoms with van der Waals surface area (Å²) in [6, 6.07) is 9.10. The second-order valence-electron chi connectivity index (χ2n) is 1.94. The van der Waals surface area contributed by atoms with Crippen LogP contribution in [0.15, 0.2) is 30.3 Å². The van der Waals surface area contributed by atoms with E-state index in [1.165, 1.54) is 0 Å². The molecule has 1 aromatic rings. The van der Waals surface area contributed by atoms with Crippen LogP contribution in [0.25, 0.3) is 0 Å². The van der Waals surface area contributed by atoms with Crippen molar-refractivity contribution in [2.75, 3.05) is 21.3 Å². The maximum absolute atomic E-state index is 10.0. The number of aliphatic hydroxyl groups is 1. The molecule has 0 radical (unpaired) electrons. The molecule has 0 spiro atoms. The highest BCUT2D eigenvalue weighted by atomic mass is 16.4. The van der Waals surface area contributed by atoms with Crippen molar-refractivity contribution >= 4 is 6.29 Å². The first-order valence-electron chi connectivity index (χ1n) is 3.70. The van der Waals surface area contributed by atoms with Gasteiger partial charge in [0.25, 0.3) is 0 Å². The lowest BCUT2D eigenvalue weighted by atomic mass is 10.2. The van der Waals surface area contributed by atoms with E-state index in [1.807, 2.05) is 18.2 Å². The molecule has 0 aliphatic heterocycles. The Morgan fingerprint density at radius 3 is 1.77 bits per heavy atom. The van der Waals surface area contributed by atoms with Gasteiger partial charge in [0.05, 0.1) is 0 Å². The standard InChI is InChI=1S/C7H6O.C2H6O.CH4O/c8-6-7-4-2-1-3-5-7;1-3-2;1-2/h1-6H;1-2H3;2H,1H3. The van der Waals surface area contributed by atoms with Gasteiger partial charge in [-0.3, -0.25) is 4.79 Å². The number of aldehydes is 1. The van der Waals surface area contributed by atoms with Crippen LogP contribution in [0, 0.1) is 0 Å². The van der Waals surface area contributed by atoms with Crippen molar-refractivity contribution in [1.82, 2.24) is 0 Å². The molecule has 0 aliphatic carbocycles. The van der Waals surface area contributed by atoms with Gasteiger partial charge in [0.15, 0.2) is 0 Å². The van der Waals surface area contributed by atoms with E-state index in [9.17, 15) is 4.79 Å². The molecular formula is C10H16O3. The van der Waals surface area contributed by atoms with E-state index in [0.717, 1.165) is 19.0 Å². The topological polar surface area (TPSA) is 46.5 Å². The summed E-state index contributed by atoms with van der Waals surface area (Å²) < 4.78 is 4.25. The van der Waals surface area contributed by atoms with Crippen LogP contribution in [-0.2, 0) is 4.74 Å². The predicted molar refractivity (Wildman–Crippen MR) is 52.9 cm³/mol. The van der Waals surface area contributed by atoms with Crippen molar-refractivity contribution in [3.05, 3.63) is 35.9 Å². The molecule has 0 bridgehead atoms. The average molecular weight is 184 g/mol. The van der Waals surface area contributed by atoms with E-state index in [0.29, 0.717) is 0 Å². The highest BCUT2D eigenvalue weighted by Crippen LogP contribution is 1.91. The maximum atomic E-state index is 10.0. The van der Waals surface area contributed by atoms with Crippen molar-refractivity contribution in [3.63, 3.8) is 0 Å². The molecule has 0 saturated heterocycles. The third-order valence-corrected chi connectivity index (χ3v) is 0.936. The fourth-order valence-electron chi connectivity index (χ4n) is 0.532. The first-order valence-corrected chi connectivity index (χ1v) is 3.70. The van der Waals surface area contributed by atoms with Crippen LogP contribution in [0.2, 0.25) is 0 Å². The fraction of sp³-hybridized carbons (Fsp3) is 0.300. The molecule has 0 unspecified atom stereocenters. The number of hydrogen-bond acceptors (Lipinski definition) is 3. The van der Waals surface area contributed by atoms with Gasteiger partial charge in [-0.25, -0.2) is 0 Å². The molecule has 3 nitrogen and oxygen atoms in total. The van der Waals surface area contributed by atoms with Crippen molar-refractivity contribution in [3.8, 4) is 0 Å². The van der Waals surface area contributed by atoms with Gasteiger partial charge in [-0.1, -0.05) is 30.3 Å². The molecule has 1 rings (SSSR count). The molecule has 13 heavy (non-hydrogen) atoms. The Balaban J connectivity index is 0.